The number of rotatable bonds is 4. The normalized spacial score (nSPS) is 18.9. The number of amides is 1. The molecule has 1 saturated carbocycles. The first-order chi connectivity index (χ1) is 5.70. The summed E-state index contributed by atoms with van der Waals surface area (Å²) in [7, 11) is 0. The molecule has 0 radical (unpaired) electrons. The standard InChI is InChI=1S/C9H17NO2/c1-3-10(4-2)8(12)9(7-11)5-6-9/h11H,3-7H2,1-2H3. The third kappa shape index (κ3) is 1.46. The molecule has 0 unspecified atom stereocenters. The first-order valence-electron chi connectivity index (χ1n) is 4.60. The highest BCUT2D eigenvalue weighted by atomic mass is 16.3. The van der Waals surface area contributed by atoms with Crippen molar-refractivity contribution in [3.05, 3.63) is 0 Å². The molecule has 0 aromatic carbocycles. The number of carbonyl (C=O) groups excluding carboxylic acids is 1. The van der Waals surface area contributed by atoms with E-state index < -0.39 is 0 Å². The van der Waals surface area contributed by atoms with Crippen molar-refractivity contribution < 1.29 is 9.90 Å². The van der Waals surface area contributed by atoms with E-state index in [1.54, 1.807) is 4.90 Å². The van der Waals surface area contributed by atoms with Gasteiger partial charge in [0.15, 0.2) is 0 Å². The Morgan fingerprint density at radius 3 is 2.17 bits per heavy atom. The van der Waals surface area contributed by atoms with E-state index in [4.69, 9.17) is 5.11 Å². The topological polar surface area (TPSA) is 40.5 Å². The molecule has 0 atom stereocenters. The van der Waals surface area contributed by atoms with Gasteiger partial charge < -0.3 is 10.0 Å². The fourth-order valence-electron chi connectivity index (χ4n) is 1.44. The lowest BCUT2D eigenvalue weighted by Crippen LogP contribution is -2.38. The summed E-state index contributed by atoms with van der Waals surface area (Å²) in [6.07, 6.45) is 1.72. The van der Waals surface area contributed by atoms with Gasteiger partial charge in [-0.25, -0.2) is 0 Å². The molecule has 1 aliphatic carbocycles. The Morgan fingerprint density at radius 2 is 1.92 bits per heavy atom. The molecule has 0 heterocycles. The van der Waals surface area contributed by atoms with Gasteiger partial charge in [-0.05, 0) is 26.7 Å². The largest absolute Gasteiger partial charge is 0.395 e. The Hall–Kier alpha value is -0.570. The SMILES string of the molecule is CCN(CC)C(=O)C1(CO)CC1. The third-order valence-electron chi connectivity index (χ3n) is 2.66. The van der Waals surface area contributed by atoms with E-state index in [1.807, 2.05) is 13.8 Å². The van der Waals surface area contributed by atoms with Crippen LogP contribution in [0.2, 0.25) is 0 Å². The van der Waals surface area contributed by atoms with Crippen molar-refractivity contribution in [1.82, 2.24) is 4.90 Å². The molecule has 1 fully saturated rings. The lowest BCUT2D eigenvalue weighted by Gasteiger charge is -2.23. The van der Waals surface area contributed by atoms with Crippen LogP contribution in [0.25, 0.3) is 0 Å². The van der Waals surface area contributed by atoms with Gasteiger partial charge in [0.2, 0.25) is 5.91 Å². The van der Waals surface area contributed by atoms with Crippen LogP contribution in [0.4, 0.5) is 0 Å². The quantitative estimate of drug-likeness (QED) is 0.674. The predicted molar refractivity (Wildman–Crippen MR) is 46.7 cm³/mol. The van der Waals surface area contributed by atoms with E-state index in [0.717, 1.165) is 25.9 Å². The van der Waals surface area contributed by atoms with Crippen LogP contribution in [0, 0.1) is 5.41 Å². The van der Waals surface area contributed by atoms with Gasteiger partial charge in [-0.1, -0.05) is 0 Å². The molecule has 0 saturated heterocycles. The summed E-state index contributed by atoms with van der Waals surface area (Å²) in [6.45, 7) is 5.44. The highest BCUT2D eigenvalue weighted by Gasteiger charge is 2.50. The molecule has 0 aliphatic heterocycles. The summed E-state index contributed by atoms with van der Waals surface area (Å²) in [5, 5.41) is 9.02. The predicted octanol–water partition coefficient (Wildman–Crippen LogP) is 0.627. The molecular formula is C9H17NO2. The van der Waals surface area contributed by atoms with Crippen molar-refractivity contribution in [1.29, 1.82) is 0 Å². The van der Waals surface area contributed by atoms with Crippen LogP contribution in [-0.2, 0) is 4.79 Å². The summed E-state index contributed by atoms with van der Waals surface area (Å²) in [6, 6.07) is 0. The molecule has 0 bridgehead atoms. The van der Waals surface area contributed by atoms with Gasteiger partial charge >= 0.3 is 0 Å². The van der Waals surface area contributed by atoms with Crippen molar-refractivity contribution in [3.8, 4) is 0 Å². The highest BCUT2D eigenvalue weighted by Crippen LogP contribution is 2.46. The van der Waals surface area contributed by atoms with Crippen LogP contribution >= 0.6 is 0 Å². The van der Waals surface area contributed by atoms with Gasteiger partial charge in [-0.3, -0.25) is 4.79 Å². The number of nitrogens with zero attached hydrogens (tertiary/aromatic N) is 1. The minimum absolute atomic E-state index is 0.0162. The maximum absolute atomic E-state index is 11.7. The van der Waals surface area contributed by atoms with Crippen LogP contribution in [0.15, 0.2) is 0 Å². The fraction of sp³-hybridized carbons (Fsp3) is 0.889. The zero-order chi connectivity index (χ0) is 9.19. The molecule has 1 aliphatic rings. The molecule has 0 aromatic rings. The second-order valence-electron chi connectivity index (χ2n) is 3.42. The number of carbonyl (C=O) groups is 1. The Balaban J connectivity index is 2.56. The van der Waals surface area contributed by atoms with Gasteiger partial charge in [-0.15, -0.1) is 0 Å². The van der Waals surface area contributed by atoms with Crippen LogP contribution in [0.3, 0.4) is 0 Å². The molecule has 3 nitrogen and oxygen atoms in total. The lowest BCUT2D eigenvalue weighted by atomic mass is 10.1. The van der Waals surface area contributed by atoms with Gasteiger partial charge in [-0.2, -0.15) is 0 Å². The summed E-state index contributed by atoms with van der Waals surface area (Å²) in [5.41, 5.74) is -0.383. The number of hydrogen-bond acceptors (Lipinski definition) is 2. The Morgan fingerprint density at radius 1 is 1.42 bits per heavy atom. The van der Waals surface area contributed by atoms with E-state index >= 15 is 0 Å². The van der Waals surface area contributed by atoms with E-state index in [1.165, 1.54) is 0 Å². The van der Waals surface area contributed by atoms with Crippen molar-refractivity contribution in [2.45, 2.75) is 26.7 Å². The molecule has 3 heteroatoms. The van der Waals surface area contributed by atoms with Crippen molar-refractivity contribution in [2.24, 2.45) is 5.41 Å². The Bertz CT molecular complexity index is 171. The summed E-state index contributed by atoms with van der Waals surface area (Å²) in [5.74, 6) is 0.134. The zero-order valence-electron chi connectivity index (χ0n) is 7.84. The highest BCUT2D eigenvalue weighted by molar-refractivity contribution is 5.85. The second kappa shape index (κ2) is 3.44. The van der Waals surface area contributed by atoms with Crippen LogP contribution in [0.5, 0.6) is 0 Å². The smallest absolute Gasteiger partial charge is 0.231 e. The van der Waals surface area contributed by atoms with Crippen molar-refractivity contribution in [2.75, 3.05) is 19.7 Å². The summed E-state index contributed by atoms with van der Waals surface area (Å²) in [4.78, 5) is 13.5. The van der Waals surface area contributed by atoms with Crippen molar-refractivity contribution >= 4 is 5.91 Å². The lowest BCUT2D eigenvalue weighted by molar-refractivity contribution is -0.138. The first kappa shape index (κ1) is 9.52. The molecule has 1 N–H and O–H groups in total. The minimum atomic E-state index is -0.383. The van der Waals surface area contributed by atoms with Crippen LogP contribution in [0.1, 0.15) is 26.7 Å². The Kier molecular flexibility index (Phi) is 2.73. The number of aliphatic hydroxyl groups excluding tert-OH is 1. The minimum Gasteiger partial charge on any atom is -0.395 e. The zero-order valence-corrected chi connectivity index (χ0v) is 7.84. The van der Waals surface area contributed by atoms with Crippen molar-refractivity contribution in [3.63, 3.8) is 0 Å². The van der Waals surface area contributed by atoms with Crippen LogP contribution in [-0.4, -0.2) is 35.6 Å². The van der Waals surface area contributed by atoms with E-state index in [0.29, 0.717) is 0 Å². The van der Waals surface area contributed by atoms with Gasteiger partial charge in [0.25, 0.3) is 0 Å². The molecule has 0 spiro atoms. The molecule has 70 valence electrons. The second-order valence-corrected chi connectivity index (χ2v) is 3.42. The van der Waals surface area contributed by atoms with E-state index in [9.17, 15) is 4.79 Å². The van der Waals surface area contributed by atoms with Crippen LogP contribution < -0.4 is 0 Å². The molecule has 12 heavy (non-hydrogen) atoms. The van der Waals surface area contributed by atoms with E-state index in [-0.39, 0.29) is 17.9 Å². The number of hydrogen-bond donors (Lipinski definition) is 1. The molecule has 1 rings (SSSR count). The first-order valence-corrected chi connectivity index (χ1v) is 4.60. The molecular weight excluding hydrogens is 154 g/mol. The van der Waals surface area contributed by atoms with Gasteiger partial charge in [0.1, 0.15) is 0 Å². The monoisotopic (exact) mass is 171 g/mol. The van der Waals surface area contributed by atoms with E-state index in [2.05, 4.69) is 0 Å². The maximum atomic E-state index is 11.7. The summed E-state index contributed by atoms with van der Waals surface area (Å²) < 4.78 is 0. The number of aliphatic hydroxyl groups is 1. The molecule has 1 amide bonds. The average Bonchev–Trinajstić information content (AvgIpc) is 2.86. The maximum Gasteiger partial charge on any atom is 0.231 e. The fourth-order valence-corrected chi connectivity index (χ4v) is 1.44. The van der Waals surface area contributed by atoms with Gasteiger partial charge in [0, 0.05) is 13.1 Å². The molecule has 0 aromatic heterocycles. The summed E-state index contributed by atoms with van der Waals surface area (Å²) >= 11 is 0. The average molecular weight is 171 g/mol. The third-order valence-corrected chi connectivity index (χ3v) is 2.66. The Labute approximate surface area is 73.4 Å². The van der Waals surface area contributed by atoms with Gasteiger partial charge in [0.05, 0.1) is 12.0 Å².